The van der Waals surface area contributed by atoms with Gasteiger partial charge in [-0.15, -0.1) is 11.3 Å². The highest BCUT2D eigenvalue weighted by Gasteiger charge is 2.19. The SMILES string of the molecule is CCOC(=O)c1cnc(Cl)c2c(COc3cc(NC(=O)c4ccc(F)c(Cl)c4)ccc3C)csc12. The Bertz CT molecular complexity index is 1440. The van der Waals surface area contributed by atoms with Crippen molar-refractivity contribution in [2.45, 2.75) is 20.5 Å². The number of esters is 1. The first-order valence-electron chi connectivity index (χ1n) is 10.5. The number of carbonyl (C=O) groups excluding carboxylic acids is 2. The number of pyridine rings is 1. The molecule has 10 heteroatoms. The van der Waals surface area contributed by atoms with Gasteiger partial charge in [-0.3, -0.25) is 4.79 Å². The van der Waals surface area contributed by atoms with Crippen LogP contribution in [0.25, 0.3) is 10.1 Å². The molecule has 0 aliphatic carbocycles. The molecule has 6 nitrogen and oxygen atoms in total. The number of aryl methyl sites for hydroxylation is 1. The number of thiophene rings is 1. The average Bonchev–Trinajstić information content (AvgIpc) is 3.26. The molecular formula is C25H19Cl2FN2O4S. The average molecular weight is 533 g/mol. The molecule has 180 valence electrons. The van der Waals surface area contributed by atoms with E-state index in [1.54, 1.807) is 19.1 Å². The number of rotatable bonds is 7. The Hall–Kier alpha value is -3.20. The number of fused-ring (bicyclic) bond motifs is 1. The molecule has 2 heterocycles. The summed E-state index contributed by atoms with van der Waals surface area (Å²) in [5.74, 6) is -0.947. The summed E-state index contributed by atoms with van der Waals surface area (Å²) in [5, 5.41) is 5.39. The van der Waals surface area contributed by atoms with E-state index in [1.165, 1.54) is 29.7 Å². The molecule has 1 N–H and O–H groups in total. The Morgan fingerprint density at radius 1 is 1.17 bits per heavy atom. The van der Waals surface area contributed by atoms with Gasteiger partial charge in [0.1, 0.15) is 23.3 Å². The zero-order chi connectivity index (χ0) is 25.1. The lowest BCUT2D eigenvalue weighted by molar-refractivity contribution is 0.0528. The predicted molar refractivity (Wildman–Crippen MR) is 135 cm³/mol. The number of ether oxygens (including phenoxy) is 2. The van der Waals surface area contributed by atoms with E-state index in [0.29, 0.717) is 27.1 Å². The Morgan fingerprint density at radius 3 is 2.71 bits per heavy atom. The molecule has 0 spiro atoms. The van der Waals surface area contributed by atoms with E-state index in [9.17, 15) is 14.0 Å². The first-order valence-corrected chi connectivity index (χ1v) is 12.1. The first kappa shape index (κ1) is 24.9. The lowest BCUT2D eigenvalue weighted by Gasteiger charge is -2.12. The maximum atomic E-state index is 13.4. The van der Waals surface area contributed by atoms with Crippen LogP contribution < -0.4 is 10.1 Å². The van der Waals surface area contributed by atoms with Crippen LogP contribution in [-0.4, -0.2) is 23.5 Å². The highest BCUT2D eigenvalue weighted by Crippen LogP contribution is 2.35. The number of anilines is 1. The summed E-state index contributed by atoms with van der Waals surface area (Å²) in [6.07, 6.45) is 1.41. The summed E-state index contributed by atoms with van der Waals surface area (Å²) in [6, 6.07) is 8.99. The fourth-order valence-corrected chi connectivity index (χ4v) is 4.91. The van der Waals surface area contributed by atoms with Crippen molar-refractivity contribution in [3.05, 3.63) is 86.2 Å². The second kappa shape index (κ2) is 10.6. The summed E-state index contributed by atoms with van der Waals surface area (Å²) >= 11 is 13.5. The predicted octanol–water partition coefficient (Wildman–Crippen LogP) is 7.06. The lowest BCUT2D eigenvalue weighted by atomic mass is 10.1. The van der Waals surface area contributed by atoms with Crippen LogP contribution in [0, 0.1) is 12.7 Å². The molecule has 35 heavy (non-hydrogen) atoms. The summed E-state index contributed by atoms with van der Waals surface area (Å²) in [4.78, 5) is 29.0. The number of amides is 1. The van der Waals surface area contributed by atoms with Gasteiger partial charge in [0.05, 0.1) is 21.9 Å². The molecular weight excluding hydrogens is 514 g/mol. The molecule has 0 radical (unpaired) electrons. The topological polar surface area (TPSA) is 77.5 Å². The Morgan fingerprint density at radius 2 is 1.97 bits per heavy atom. The minimum Gasteiger partial charge on any atom is -0.489 e. The van der Waals surface area contributed by atoms with Gasteiger partial charge in [0.2, 0.25) is 0 Å². The lowest BCUT2D eigenvalue weighted by Crippen LogP contribution is -2.12. The second-order valence-electron chi connectivity index (χ2n) is 7.50. The van der Waals surface area contributed by atoms with E-state index in [-0.39, 0.29) is 29.0 Å². The normalized spacial score (nSPS) is 10.9. The zero-order valence-corrected chi connectivity index (χ0v) is 21.0. The summed E-state index contributed by atoms with van der Waals surface area (Å²) in [5.41, 5.74) is 2.69. The molecule has 0 bridgehead atoms. The van der Waals surface area contributed by atoms with Crippen molar-refractivity contribution >= 4 is 62.2 Å². The minimum absolute atomic E-state index is 0.132. The fourth-order valence-electron chi connectivity index (χ4n) is 3.35. The molecule has 2 aromatic heterocycles. The smallest absolute Gasteiger partial charge is 0.341 e. The molecule has 0 saturated heterocycles. The molecule has 0 unspecified atom stereocenters. The van der Waals surface area contributed by atoms with Gasteiger partial charge < -0.3 is 14.8 Å². The van der Waals surface area contributed by atoms with Crippen molar-refractivity contribution in [3.63, 3.8) is 0 Å². The van der Waals surface area contributed by atoms with Gasteiger partial charge in [0.25, 0.3) is 5.91 Å². The van der Waals surface area contributed by atoms with E-state index in [1.807, 2.05) is 18.4 Å². The van der Waals surface area contributed by atoms with Crippen LogP contribution in [0.1, 0.15) is 38.8 Å². The van der Waals surface area contributed by atoms with Gasteiger partial charge in [-0.05, 0) is 49.1 Å². The maximum absolute atomic E-state index is 13.4. The number of hydrogen-bond donors (Lipinski definition) is 1. The zero-order valence-electron chi connectivity index (χ0n) is 18.7. The summed E-state index contributed by atoms with van der Waals surface area (Å²) in [7, 11) is 0. The molecule has 1 amide bonds. The van der Waals surface area contributed by atoms with Crippen LogP contribution in [0.5, 0.6) is 5.75 Å². The highest BCUT2D eigenvalue weighted by molar-refractivity contribution is 7.17. The van der Waals surface area contributed by atoms with Crippen molar-refractivity contribution in [2.75, 3.05) is 11.9 Å². The number of benzene rings is 2. The quantitative estimate of drug-likeness (QED) is 0.203. The van der Waals surface area contributed by atoms with Crippen molar-refractivity contribution in [1.82, 2.24) is 4.98 Å². The number of hydrogen-bond acceptors (Lipinski definition) is 6. The van der Waals surface area contributed by atoms with E-state index < -0.39 is 17.7 Å². The molecule has 4 aromatic rings. The van der Waals surface area contributed by atoms with E-state index in [0.717, 1.165) is 17.2 Å². The first-order chi connectivity index (χ1) is 16.8. The van der Waals surface area contributed by atoms with E-state index >= 15 is 0 Å². The van der Waals surface area contributed by atoms with Crippen molar-refractivity contribution in [1.29, 1.82) is 0 Å². The number of carbonyl (C=O) groups is 2. The molecule has 0 aliphatic rings. The molecule has 4 rings (SSSR count). The number of nitrogens with zero attached hydrogens (tertiary/aromatic N) is 1. The number of nitrogens with one attached hydrogen (secondary N) is 1. The Labute approximate surface area is 214 Å². The van der Waals surface area contributed by atoms with Gasteiger partial charge in [0, 0.05) is 34.5 Å². The number of aromatic nitrogens is 1. The van der Waals surface area contributed by atoms with Crippen LogP contribution >= 0.6 is 34.5 Å². The Kier molecular flexibility index (Phi) is 7.54. The van der Waals surface area contributed by atoms with Gasteiger partial charge in [-0.2, -0.15) is 0 Å². The third kappa shape index (κ3) is 5.40. The molecule has 2 aromatic carbocycles. The van der Waals surface area contributed by atoms with Gasteiger partial charge in [-0.25, -0.2) is 14.2 Å². The molecule has 0 saturated carbocycles. The Balaban J connectivity index is 1.54. The third-order valence-electron chi connectivity index (χ3n) is 5.13. The highest BCUT2D eigenvalue weighted by atomic mass is 35.5. The van der Waals surface area contributed by atoms with Crippen LogP contribution in [0.4, 0.5) is 10.1 Å². The van der Waals surface area contributed by atoms with Crippen molar-refractivity contribution in [3.8, 4) is 5.75 Å². The summed E-state index contributed by atoms with van der Waals surface area (Å²) < 4.78 is 25.2. The third-order valence-corrected chi connectivity index (χ3v) is 6.77. The van der Waals surface area contributed by atoms with Crippen LogP contribution in [0.2, 0.25) is 10.2 Å². The summed E-state index contributed by atoms with van der Waals surface area (Å²) in [6.45, 7) is 4.03. The van der Waals surface area contributed by atoms with Gasteiger partial charge in [0.15, 0.2) is 0 Å². The largest absolute Gasteiger partial charge is 0.489 e. The van der Waals surface area contributed by atoms with Crippen LogP contribution in [-0.2, 0) is 11.3 Å². The van der Waals surface area contributed by atoms with Crippen molar-refractivity contribution < 1.29 is 23.5 Å². The van der Waals surface area contributed by atoms with Crippen LogP contribution in [0.3, 0.4) is 0 Å². The van der Waals surface area contributed by atoms with Gasteiger partial charge >= 0.3 is 5.97 Å². The fraction of sp³-hybridized carbons (Fsp3) is 0.160. The van der Waals surface area contributed by atoms with Gasteiger partial charge in [-0.1, -0.05) is 29.3 Å². The number of halogens is 3. The van der Waals surface area contributed by atoms with Crippen molar-refractivity contribution in [2.24, 2.45) is 0 Å². The van der Waals surface area contributed by atoms with E-state index in [4.69, 9.17) is 32.7 Å². The monoisotopic (exact) mass is 532 g/mol. The van der Waals surface area contributed by atoms with E-state index in [2.05, 4.69) is 10.3 Å². The van der Waals surface area contributed by atoms with Crippen LogP contribution in [0.15, 0.2) is 48.0 Å². The standard InChI is InChI=1S/C25H19Cl2FN2O4S/c1-3-33-25(32)17-10-29-23(27)21-15(12-35-22(17)21)11-34-20-9-16(6-4-13(20)2)30-24(31)14-5-7-19(28)18(26)8-14/h4-10,12H,3,11H2,1-2H3,(H,30,31). The molecule has 0 fully saturated rings. The minimum atomic E-state index is -0.597. The second-order valence-corrected chi connectivity index (χ2v) is 9.15. The molecule has 0 aliphatic heterocycles. The molecule has 0 atom stereocenters. The maximum Gasteiger partial charge on any atom is 0.341 e.